The van der Waals surface area contributed by atoms with Gasteiger partial charge in [-0.25, -0.2) is 0 Å². The first-order valence-electron chi connectivity index (χ1n) is 6.07. The lowest BCUT2D eigenvalue weighted by Gasteiger charge is -2.15. The molecule has 1 unspecified atom stereocenters. The van der Waals surface area contributed by atoms with Crippen molar-refractivity contribution in [2.24, 2.45) is 0 Å². The van der Waals surface area contributed by atoms with E-state index in [9.17, 15) is 0 Å². The quantitative estimate of drug-likeness (QED) is 0.689. The molecule has 0 amide bonds. The molecule has 0 saturated carbocycles. The molecule has 0 aliphatic heterocycles. The van der Waals surface area contributed by atoms with Gasteiger partial charge in [0.1, 0.15) is 0 Å². The molecule has 1 nitrogen and oxygen atoms in total. The standard InChI is InChI=1S/C15H21N/c1-3-8-15(16-13-4-2)12-11-14-9-6-5-7-10-14/h1,5-7,9-10,15-16H,4,8,11-13H2,2H3. The molecule has 16 heavy (non-hydrogen) atoms. The highest BCUT2D eigenvalue weighted by Crippen LogP contribution is 2.07. The minimum atomic E-state index is 0.463. The summed E-state index contributed by atoms with van der Waals surface area (Å²) in [5.74, 6) is 2.75. The monoisotopic (exact) mass is 215 g/mol. The maximum Gasteiger partial charge on any atom is 0.0240 e. The fourth-order valence-electron chi connectivity index (χ4n) is 1.75. The van der Waals surface area contributed by atoms with E-state index in [4.69, 9.17) is 6.42 Å². The van der Waals surface area contributed by atoms with Crippen LogP contribution in [-0.4, -0.2) is 12.6 Å². The van der Waals surface area contributed by atoms with Crippen LogP contribution in [-0.2, 0) is 6.42 Å². The summed E-state index contributed by atoms with van der Waals surface area (Å²) in [7, 11) is 0. The Kier molecular flexibility index (Phi) is 6.37. The van der Waals surface area contributed by atoms with E-state index >= 15 is 0 Å². The van der Waals surface area contributed by atoms with Crippen LogP contribution in [0.15, 0.2) is 30.3 Å². The highest BCUT2D eigenvalue weighted by atomic mass is 14.9. The van der Waals surface area contributed by atoms with Crippen LogP contribution in [0, 0.1) is 12.3 Å². The zero-order valence-corrected chi connectivity index (χ0v) is 10.1. The van der Waals surface area contributed by atoms with Crippen molar-refractivity contribution >= 4 is 0 Å². The second-order valence-electron chi connectivity index (χ2n) is 4.08. The van der Waals surface area contributed by atoms with E-state index in [0.717, 1.165) is 32.2 Å². The van der Waals surface area contributed by atoms with Gasteiger partial charge < -0.3 is 5.32 Å². The molecule has 0 heterocycles. The second-order valence-corrected chi connectivity index (χ2v) is 4.08. The van der Waals surface area contributed by atoms with Crippen LogP contribution in [0.4, 0.5) is 0 Å². The lowest BCUT2D eigenvalue weighted by Crippen LogP contribution is -2.29. The van der Waals surface area contributed by atoms with Gasteiger partial charge in [-0.2, -0.15) is 0 Å². The number of aryl methyl sites for hydroxylation is 1. The Morgan fingerprint density at radius 3 is 2.69 bits per heavy atom. The predicted molar refractivity (Wildman–Crippen MR) is 70.3 cm³/mol. The van der Waals surface area contributed by atoms with Crippen molar-refractivity contribution in [2.75, 3.05) is 6.54 Å². The van der Waals surface area contributed by atoms with E-state index in [1.54, 1.807) is 0 Å². The molecule has 0 fully saturated rings. The van der Waals surface area contributed by atoms with Gasteiger partial charge in [0, 0.05) is 12.5 Å². The van der Waals surface area contributed by atoms with E-state index in [0.29, 0.717) is 6.04 Å². The van der Waals surface area contributed by atoms with Crippen LogP contribution in [0.3, 0.4) is 0 Å². The summed E-state index contributed by atoms with van der Waals surface area (Å²) in [6.45, 7) is 3.23. The van der Waals surface area contributed by atoms with Crippen LogP contribution in [0.2, 0.25) is 0 Å². The average Bonchev–Trinajstić information content (AvgIpc) is 2.34. The molecule has 1 N–H and O–H groups in total. The zero-order chi connectivity index (χ0) is 11.6. The second kappa shape index (κ2) is 7.96. The number of benzene rings is 1. The first-order valence-corrected chi connectivity index (χ1v) is 6.07. The van der Waals surface area contributed by atoms with E-state index in [2.05, 4.69) is 48.5 Å². The van der Waals surface area contributed by atoms with Gasteiger partial charge in [-0.3, -0.25) is 0 Å². The normalized spacial score (nSPS) is 12.0. The molecule has 0 aromatic heterocycles. The van der Waals surface area contributed by atoms with Gasteiger partial charge in [0.25, 0.3) is 0 Å². The van der Waals surface area contributed by atoms with Crippen LogP contribution in [0.5, 0.6) is 0 Å². The fraction of sp³-hybridized carbons (Fsp3) is 0.467. The summed E-state index contributed by atoms with van der Waals surface area (Å²) in [4.78, 5) is 0. The smallest absolute Gasteiger partial charge is 0.0240 e. The van der Waals surface area contributed by atoms with Gasteiger partial charge in [0.2, 0.25) is 0 Å². The number of nitrogens with one attached hydrogen (secondary N) is 1. The molecule has 1 rings (SSSR count). The molecule has 1 atom stereocenters. The van der Waals surface area contributed by atoms with Crippen molar-refractivity contribution in [3.63, 3.8) is 0 Å². The van der Waals surface area contributed by atoms with Gasteiger partial charge in [0.15, 0.2) is 0 Å². The highest BCUT2D eigenvalue weighted by molar-refractivity contribution is 5.14. The summed E-state index contributed by atoms with van der Waals surface area (Å²) in [5.41, 5.74) is 1.39. The molecule has 1 aromatic carbocycles. The van der Waals surface area contributed by atoms with Crippen molar-refractivity contribution in [1.29, 1.82) is 0 Å². The van der Waals surface area contributed by atoms with Gasteiger partial charge >= 0.3 is 0 Å². The maximum absolute atomic E-state index is 5.38. The molecule has 0 spiro atoms. The molecule has 86 valence electrons. The Morgan fingerprint density at radius 2 is 2.06 bits per heavy atom. The van der Waals surface area contributed by atoms with E-state index in [1.165, 1.54) is 5.56 Å². The fourth-order valence-corrected chi connectivity index (χ4v) is 1.75. The number of hydrogen-bond donors (Lipinski definition) is 1. The molecule has 0 bridgehead atoms. The largest absolute Gasteiger partial charge is 0.313 e. The Hall–Kier alpha value is -1.26. The van der Waals surface area contributed by atoms with Gasteiger partial charge in [-0.15, -0.1) is 12.3 Å². The Balaban J connectivity index is 2.35. The van der Waals surface area contributed by atoms with Gasteiger partial charge in [-0.05, 0) is 31.4 Å². The summed E-state index contributed by atoms with van der Waals surface area (Å²) in [5, 5.41) is 3.50. The summed E-state index contributed by atoms with van der Waals surface area (Å²) >= 11 is 0. The Morgan fingerprint density at radius 1 is 1.31 bits per heavy atom. The number of rotatable bonds is 7. The highest BCUT2D eigenvalue weighted by Gasteiger charge is 2.05. The van der Waals surface area contributed by atoms with Crippen molar-refractivity contribution in [2.45, 2.75) is 38.6 Å². The Labute approximate surface area is 99.3 Å². The predicted octanol–water partition coefficient (Wildman–Crippen LogP) is 3.01. The number of terminal acetylenes is 1. The third-order valence-electron chi connectivity index (χ3n) is 2.67. The van der Waals surface area contributed by atoms with Crippen LogP contribution < -0.4 is 5.32 Å². The van der Waals surface area contributed by atoms with Crippen molar-refractivity contribution in [3.8, 4) is 12.3 Å². The van der Waals surface area contributed by atoms with E-state index in [-0.39, 0.29) is 0 Å². The molecule has 0 radical (unpaired) electrons. The SMILES string of the molecule is C#CCC(CCc1ccccc1)NCCC. The molecular weight excluding hydrogens is 194 g/mol. The van der Waals surface area contributed by atoms with Gasteiger partial charge in [-0.1, -0.05) is 37.3 Å². The molecule has 0 aliphatic rings. The minimum Gasteiger partial charge on any atom is -0.313 e. The summed E-state index contributed by atoms with van der Waals surface area (Å²) in [6, 6.07) is 11.0. The minimum absolute atomic E-state index is 0.463. The average molecular weight is 215 g/mol. The van der Waals surface area contributed by atoms with E-state index in [1.807, 2.05) is 0 Å². The third-order valence-corrected chi connectivity index (χ3v) is 2.67. The zero-order valence-electron chi connectivity index (χ0n) is 10.1. The Bertz CT molecular complexity index is 310. The molecule has 0 aliphatic carbocycles. The summed E-state index contributed by atoms with van der Waals surface area (Å²) < 4.78 is 0. The molecular formula is C15H21N. The van der Waals surface area contributed by atoms with Crippen molar-refractivity contribution < 1.29 is 0 Å². The topological polar surface area (TPSA) is 12.0 Å². The molecule has 0 saturated heterocycles. The van der Waals surface area contributed by atoms with Gasteiger partial charge in [0.05, 0.1) is 0 Å². The van der Waals surface area contributed by atoms with Crippen molar-refractivity contribution in [1.82, 2.24) is 5.32 Å². The lowest BCUT2D eigenvalue weighted by atomic mass is 10.0. The van der Waals surface area contributed by atoms with Crippen LogP contribution >= 0.6 is 0 Å². The van der Waals surface area contributed by atoms with E-state index < -0.39 is 0 Å². The molecule has 1 aromatic rings. The lowest BCUT2D eigenvalue weighted by molar-refractivity contribution is 0.489. The third kappa shape index (κ3) is 5.00. The molecule has 1 heteroatoms. The first-order chi connectivity index (χ1) is 7.86. The van der Waals surface area contributed by atoms with Crippen molar-refractivity contribution in [3.05, 3.63) is 35.9 Å². The summed E-state index contributed by atoms with van der Waals surface area (Å²) in [6.07, 6.45) is 9.59. The first kappa shape index (κ1) is 12.8. The maximum atomic E-state index is 5.38. The number of hydrogen-bond acceptors (Lipinski definition) is 1. The van der Waals surface area contributed by atoms with Crippen LogP contribution in [0.25, 0.3) is 0 Å². The van der Waals surface area contributed by atoms with Crippen LogP contribution in [0.1, 0.15) is 31.7 Å².